The molecular formula is C77H90N4O12. The first-order valence-corrected chi connectivity index (χ1v) is 34.6. The third-order valence-electron chi connectivity index (χ3n) is 25.5. The van der Waals surface area contributed by atoms with E-state index in [-0.39, 0.29) is 99.9 Å². The first kappa shape index (κ1) is 61.0. The summed E-state index contributed by atoms with van der Waals surface area (Å²) < 4.78 is 22.2. The predicted octanol–water partition coefficient (Wildman–Crippen LogP) is 9.84. The number of hydrogen-bond acceptors (Lipinski definition) is 16. The average molecular weight is 1260 g/mol. The van der Waals surface area contributed by atoms with Crippen LogP contribution in [0.15, 0.2) is 134 Å². The number of hydrogen-bond donors (Lipinski definition) is 11. The molecule has 1 aromatic heterocycles. The van der Waals surface area contributed by atoms with Crippen LogP contribution < -0.4 is 31.8 Å². The van der Waals surface area contributed by atoms with Crippen LogP contribution >= 0.6 is 0 Å². The van der Waals surface area contributed by atoms with Crippen molar-refractivity contribution in [3.8, 4) is 17.2 Å². The summed E-state index contributed by atoms with van der Waals surface area (Å²) in [4.78, 5) is 31.4. The van der Waals surface area contributed by atoms with Gasteiger partial charge in [0.15, 0.2) is 5.43 Å². The molecule has 2 spiro atoms. The minimum Gasteiger partial charge on any atom is -0.508 e. The number of dihydropyridines is 2. The Hall–Kier alpha value is -6.92. The van der Waals surface area contributed by atoms with E-state index in [0.717, 1.165) is 70.2 Å². The summed E-state index contributed by atoms with van der Waals surface area (Å²) in [5.41, 5.74) is 13.6. The molecule has 4 aromatic rings. The van der Waals surface area contributed by atoms with Crippen molar-refractivity contribution in [2.24, 2.45) is 52.6 Å². The molecule has 8 bridgehead atoms. The molecule has 5 aliphatic heterocycles. The van der Waals surface area contributed by atoms with E-state index in [4.69, 9.17) is 19.6 Å². The standard InChI is InChI=1S/C77H90N4O12/c1-6-56(77(90)32-54-46-18-22-76(33-58(46)77)31-40(25-43(85)24-37(2)3)67(87)51-11-9-10-47(54)65(51)76)73(89)92-60-29-53-68(88)63-59(86)28-44(35-82)91-70(63)64-61-50-19-23-79-71(78)62(50)66(75(20-7-8-21-75)30-39-13-14-42(84)27-52(39)55(61)36-83)49-17-16-45-41(26-57(49)74(60,5)93-69(53)64)34-80-72-48(45)15-12-38(4)81-72/h6,9-15,18-19,22,27-28,34,37-38,40,43,46,49,54-55,57-58,60-61,66-67,72,79-85,87-88,90H,7-8,16-17,20-21,23-26,29-33,35-36,78H2,1-5H3. The monoisotopic (exact) mass is 1260 g/mol. The number of carbonyl (C=O) groups is 1. The summed E-state index contributed by atoms with van der Waals surface area (Å²) in [7, 11) is 0. The van der Waals surface area contributed by atoms with Gasteiger partial charge in [0.05, 0.1) is 24.4 Å². The van der Waals surface area contributed by atoms with E-state index in [1.165, 1.54) is 17.2 Å². The number of benzene rings is 3. The van der Waals surface area contributed by atoms with Gasteiger partial charge in [-0.3, -0.25) is 10.1 Å². The molecule has 0 amide bonds. The Bertz CT molecular complexity index is 4110. The number of aliphatic hydroxyl groups is 5. The zero-order valence-corrected chi connectivity index (χ0v) is 54.0. The van der Waals surface area contributed by atoms with E-state index < -0.39 is 94.4 Å². The third-order valence-corrected chi connectivity index (χ3v) is 25.5. The lowest BCUT2D eigenvalue weighted by Gasteiger charge is -2.55. The molecule has 16 heteroatoms. The molecule has 490 valence electrons. The molecule has 17 unspecified atom stereocenters. The molecule has 0 saturated heterocycles. The molecule has 17 atom stereocenters. The highest BCUT2D eigenvalue weighted by Gasteiger charge is 2.66. The SMILES string of the molecule is CC=C(C(=O)OC1Cc2c3c(c4oc(CO)cc(=O)c4c2O)C2C4=CCNC(N)=C4C(C4CCC5=C6C=CC(C)NC6NC=C5CC4C1(C)O3)C1(CCCC1)Cc1ccc(O)cc1C2CO)C1(O)CC2c3cccc4c3C3(C=CC2C1C3)CC(CC(O)CC(C)C)C4O. The Kier molecular flexibility index (Phi) is 14.5. The molecule has 3 aromatic carbocycles. The third kappa shape index (κ3) is 9.03. The fourth-order valence-corrected chi connectivity index (χ4v) is 21.8. The van der Waals surface area contributed by atoms with Gasteiger partial charge in [-0.05, 0) is 200 Å². The van der Waals surface area contributed by atoms with E-state index in [1.807, 2.05) is 18.2 Å². The number of nitrogens with one attached hydrogen (secondary N) is 3. The van der Waals surface area contributed by atoms with Crippen molar-refractivity contribution in [3.05, 3.63) is 179 Å². The summed E-state index contributed by atoms with van der Waals surface area (Å²) in [5, 5.41) is 96.6. The lowest BCUT2D eigenvalue weighted by molar-refractivity contribution is -0.173. The Morgan fingerprint density at radius 2 is 1.81 bits per heavy atom. The van der Waals surface area contributed by atoms with E-state index in [0.29, 0.717) is 69.3 Å². The molecule has 6 heterocycles. The van der Waals surface area contributed by atoms with Crippen molar-refractivity contribution >= 4 is 16.9 Å². The van der Waals surface area contributed by atoms with Gasteiger partial charge in [0.25, 0.3) is 0 Å². The Morgan fingerprint density at radius 3 is 2.58 bits per heavy atom. The van der Waals surface area contributed by atoms with Gasteiger partial charge in [-0.1, -0.05) is 87.4 Å². The van der Waals surface area contributed by atoms with Gasteiger partial charge in [-0.2, -0.15) is 0 Å². The van der Waals surface area contributed by atoms with Crippen LogP contribution in [0.3, 0.4) is 0 Å². The average Bonchev–Trinajstić information content (AvgIpc) is 1.66. The second kappa shape index (κ2) is 22.1. The number of nitrogens with two attached hydrogens (primary N) is 1. The molecule has 12 N–H and O–H groups in total. The topological polar surface area (TPSA) is 269 Å². The lowest BCUT2D eigenvalue weighted by atomic mass is 9.54. The van der Waals surface area contributed by atoms with Crippen LogP contribution in [0.1, 0.15) is 180 Å². The number of aromatic hydroxyl groups is 2. The zero-order chi connectivity index (χ0) is 64.5. The van der Waals surface area contributed by atoms with Gasteiger partial charge in [-0.15, -0.1) is 0 Å². The van der Waals surface area contributed by atoms with Crippen molar-refractivity contribution in [1.82, 2.24) is 16.0 Å². The number of phenolic OH excluding ortho intramolecular Hbond substituents is 2. The highest BCUT2D eigenvalue weighted by molar-refractivity contribution is 5.93. The Labute approximate surface area is 543 Å². The number of aliphatic hydroxyl groups excluding tert-OH is 4. The van der Waals surface area contributed by atoms with Gasteiger partial charge < -0.3 is 66.0 Å². The lowest BCUT2D eigenvalue weighted by Crippen LogP contribution is -2.60. The molecular weight excluding hydrogens is 1170 g/mol. The molecule has 16 nitrogen and oxygen atoms in total. The van der Waals surface area contributed by atoms with Crippen LogP contribution in [-0.4, -0.2) is 90.5 Å². The molecule has 13 aliphatic rings. The van der Waals surface area contributed by atoms with Crippen LogP contribution in [0.4, 0.5) is 0 Å². The molecule has 8 aliphatic carbocycles. The van der Waals surface area contributed by atoms with E-state index in [2.05, 4.69) is 86.3 Å². The van der Waals surface area contributed by atoms with Crippen molar-refractivity contribution < 1.29 is 54.4 Å². The van der Waals surface area contributed by atoms with Crippen molar-refractivity contribution in [2.45, 2.75) is 196 Å². The van der Waals surface area contributed by atoms with Gasteiger partial charge >= 0.3 is 5.97 Å². The first-order chi connectivity index (χ1) is 44.7. The summed E-state index contributed by atoms with van der Waals surface area (Å²) in [5.74, 6) is -3.89. The predicted molar refractivity (Wildman–Crippen MR) is 351 cm³/mol. The van der Waals surface area contributed by atoms with Crippen molar-refractivity contribution in [1.29, 1.82) is 0 Å². The normalized spacial score (nSPS) is 35.9. The maximum absolute atomic E-state index is 16.4. The second-order valence-corrected chi connectivity index (χ2v) is 30.7. The summed E-state index contributed by atoms with van der Waals surface area (Å²) in [6.07, 6.45) is 20.7. The quantitative estimate of drug-likeness (QED) is 0.0423. The number of carbonyl (C=O) groups excluding carboxylic acids is 1. The second-order valence-electron chi connectivity index (χ2n) is 30.7. The zero-order valence-electron chi connectivity index (χ0n) is 54.0. The number of allylic oxidation sites excluding steroid dienone is 7. The number of phenols is 2. The minimum atomic E-state index is -1.68. The van der Waals surface area contributed by atoms with Gasteiger partial charge in [0.2, 0.25) is 0 Å². The van der Waals surface area contributed by atoms with Gasteiger partial charge in [0.1, 0.15) is 69.9 Å². The van der Waals surface area contributed by atoms with E-state index in [1.54, 1.807) is 25.1 Å². The van der Waals surface area contributed by atoms with E-state index in [9.17, 15) is 40.5 Å². The molecule has 0 radical (unpaired) electrons. The number of ether oxygens (including phenoxy) is 2. The van der Waals surface area contributed by atoms with Crippen LogP contribution in [-0.2, 0) is 34.4 Å². The number of fused-ring (bicyclic) bond motifs is 11. The minimum absolute atomic E-state index is 0.0146. The fourth-order valence-electron chi connectivity index (χ4n) is 21.8. The molecule has 93 heavy (non-hydrogen) atoms. The van der Waals surface area contributed by atoms with Crippen LogP contribution in [0, 0.1) is 46.8 Å². The maximum Gasteiger partial charge on any atom is 0.337 e. The Morgan fingerprint density at radius 1 is 1.00 bits per heavy atom. The van der Waals surface area contributed by atoms with Crippen LogP contribution in [0.2, 0.25) is 0 Å². The number of rotatable bonds is 9. The smallest absolute Gasteiger partial charge is 0.337 e. The number of esters is 1. The molecule has 3 fully saturated rings. The summed E-state index contributed by atoms with van der Waals surface area (Å²) >= 11 is 0. The largest absolute Gasteiger partial charge is 0.508 e. The molecule has 3 saturated carbocycles. The van der Waals surface area contributed by atoms with E-state index >= 15 is 4.79 Å². The first-order valence-electron chi connectivity index (χ1n) is 34.6. The van der Waals surface area contributed by atoms with Crippen molar-refractivity contribution in [3.63, 3.8) is 0 Å². The highest BCUT2D eigenvalue weighted by atomic mass is 16.6. The highest BCUT2D eigenvalue weighted by Crippen LogP contribution is 2.69. The van der Waals surface area contributed by atoms with Gasteiger partial charge in [0, 0.05) is 71.5 Å². The summed E-state index contributed by atoms with van der Waals surface area (Å²) in [6, 6.07) is 13.0. The van der Waals surface area contributed by atoms with Crippen LogP contribution in [0.5, 0.6) is 17.2 Å². The molecule has 17 rings (SSSR count). The Balaban J connectivity index is 0.903. The maximum atomic E-state index is 16.4. The fraction of sp³-hybridized carbons (Fsp3) is 0.532. The van der Waals surface area contributed by atoms with Gasteiger partial charge in [-0.25, -0.2) is 4.79 Å². The van der Waals surface area contributed by atoms with Crippen LogP contribution in [0.25, 0.3) is 11.0 Å². The summed E-state index contributed by atoms with van der Waals surface area (Å²) in [6.45, 7) is 9.46. The van der Waals surface area contributed by atoms with Crippen molar-refractivity contribution in [2.75, 3.05) is 13.2 Å².